The molecular weight excluding hydrogens is 354 g/mol. The molecule has 2 aromatic rings. The lowest BCUT2D eigenvalue weighted by molar-refractivity contribution is -0.152. The molecule has 3 rings (SSSR count). The zero-order valence-electron chi connectivity index (χ0n) is 15.5. The van der Waals surface area contributed by atoms with Crippen LogP contribution in [0, 0.1) is 0 Å². The fourth-order valence-electron chi connectivity index (χ4n) is 3.26. The van der Waals surface area contributed by atoms with Crippen molar-refractivity contribution in [3.8, 4) is 0 Å². The molecule has 10 nitrogen and oxygen atoms in total. The van der Waals surface area contributed by atoms with Gasteiger partial charge in [-0.05, 0) is 12.8 Å². The highest BCUT2D eigenvalue weighted by Gasteiger charge is 2.19. The van der Waals surface area contributed by atoms with Crippen molar-refractivity contribution in [2.75, 3.05) is 19.7 Å². The highest BCUT2D eigenvalue weighted by molar-refractivity contribution is 5.81. The third kappa shape index (κ3) is 3.79. The summed E-state index contributed by atoms with van der Waals surface area (Å²) in [7, 11) is 2.86. The maximum Gasteiger partial charge on any atom is 0.332 e. The van der Waals surface area contributed by atoms with Crippen LogP contribution in [-0.4, -0.2) is 55.2 Å². The summed E-state index contributed by atoms with van der Waals surface area (Å²) in [6.45, 7) is 0.790. The monoisotopic (exact) mass is 377 g/mol. The SMILES string of the molecule is Cn1c(=O)c2c(ncn2CC(=O)OCC(=O)N2CCCCCC2)n(C)c1=O. The van der Waals surface area contributed by atoms with E-state index < -0.39 is 17.2 Å². The lowest BCUT2D eigenvalue weighted by Gasteiger charge is -2.19. The van der Waals surface area contributed by atoms with E-state index in [1.54, 1.807) is 4.90 Å². The molecule has 1 aliphatic rings. The Balaban J connectivity index is 1.69. The molecule has 2 aromatic heterocycles. The lowest BCUT2D eigenvalue weighted by atomic mass is 10.2. The second-order valence-corrected chi connectivity index (χ2v) is 6.71. The standard InChI is InChI=1S/C17H23N5O5/c1-19-15-14(16(25)20(2)17(19)26)22(11-18-15)9-13(24)27-10-12(23)21-7-5-3-4-6-8-21/h11H,3-10H2,1-2H3. The van der Waals surface area contributed by atoms with Gasteiger partial charge in [-0.3, -0.25) is 23.5 Å². The van der Waals surface area contributed by atoms with Gasteiger partial charge >= 0.3 is 11.7 Å². The van der Waals surface area contributed by atoms with Gasteiger partial charge in [0, 0.05) is 27.2 Å². The third-order valence-corrected chi connectivity index (χ3v) is 4.83. The molecule has 0 spiro atoms. The first kappa shape index (κ1) is 18.9. The number of esters is 1. The summed E-state index contributed by atoms with van der Waals surface area (Å²) < 4.78 is 8.61. The molecule has 0 bridgehead atoms. The molecule has 3 heterocycles. The quantitative estimate of drug-likeness (QED) is 0.657. The number of carbonyl (C=O) groups excluding carboxylic acids is 2. The predicted molar refractivity (Wildman–Crippen MR) is 96.2 cm³/mol. The van der Waals surface area contributed by atoms with Gasteiger partial charge in [-0.2, -0.15) is 0 Å². The smallest absolute Gasteiger partial charge is 0.332 e. The Kier molecular flexibility index (Phi) is 5.43. The van der Waals surface area contributed by atoms with Crippen LogP contribution in [0.25, 0.3) is 11.2 Å². The van der Waals surface area contributed by atoms with Crippen LogP contribution in [0.5, 0.6) is 0 Å². The van der Waals surface area contributed by atoms with E-state index in [9.17, 15) is 19.2 Å². The highest BCUT2D eigenvalue weighted by Crippen LogP contribution is 2.10. The van der Waals surface area contributed by atoms with E-state index in [0.717, 1.165) is 30.3 Å². The molecular formula is C17H23N5O5. The van der Waals surface area contributed by atoms with Crippen molar-refractivity contribution in [3.05, 3.63) is 27.2 Å². The second-order valence-electron chi connectivity index (χ2n) is 6.71. The number of fused-ring (bicyclic) bond motifs is 1. The molecule has 0 radical (unpaired) electrons. The number of nitrogens with zero attached hydrogens (tertiary/aromatic N) is 5. The first-order valence-corrected chi connectivity index (χ1v) is 8.94. The van der Waals surface area contributed by atoms with Crippen molar-refractivity contribution in [1.29, 1.82) is 0 Å². The van der Waals surface area contributed by atoms with Gasteiger partial charge in [-0.1, -0.05) is 12.8 Å². The maximum atomic E-state index is 12.3. The molecule has 1 saturated heterocycles. The minimum absolute atomic E-state index is 0.135. The molecule has 1 fully saturated rings. The Morgan fingerprint density at radius 2 is 1.74 bits per heavy atom. The summed E-state index contributed by atoms with van der Waals surface area (Å²) in [6.07, 6.45) is 5.44. The van der Waals surface area contributed by atoms with E-state index in [1.807, 2.05) is 0 Å². The second kappa shape index (κ2) is 7.77. The van der Waals surface area contributed by atoms with Crippen LogP contribution in [0.4, 0.5) is 0 Å². The van der Waals surface area contributed by atoms with Crippen LogP contribution >= 0.6 is 0 Å². The molecule has 0 unspecified atom stereocenters. The maximum absolute atomic E-state index is 12.3. The Bertz CT molecular complexity index is 978. The normalized spacial score (nSPS) is 15.0. The van der Waals surface area contributed by atoms with Crippen molar-refractivity contribution >= 4 is 23.0 Å². The lowest BCUT2D eigenvalue weighted by Crippen LogP contribution is -2.38. The molecule has 10 heteroatoms. The number of imidazole rings is 1. The first-order valence-electron chi connectivity index (χ1n) is 8.94. The summed E-state index contributed by atoms with van der Waals surface area (Å²) in [5.74, 6) is -0.854. The zero-order valence-corrected chi connectivity index (χ0v) is 15.5. The number of likely N-dealkylation sites (tertiary alicyclic amines) is 1. The number of hydrogen-bond donors (Lipinski definition) is 0. The molecule has 146 valence electrons. The number of ether oxygens (including phenoxy) is 1. The van der Waals surface area contributed by atoms with Gasteiger partial charge in [0.2, 0.25) is 0 Å². The summed E-state index contributed by atoms with van der Waals surface area (Å²) in [5.41, 5.74) is -0.714. The number of hydrogen-bond acceptors (Lipinski definition) is 6. The number of rotatable bonds is 4. The summed E-state index contributed by atoms with van der Waals surface area (Å²) >= 11 is 0. The summed E-state index contributed by atoms with van der Waals surface area (Å²) in [5, 5.41) is 0. The topological polar surface area (TPSA) is 108 Å². The van der Waals surface area contributed by atoms with Crippen LogP contribution in [0.1, 0.15) is 25.7 Å². The van der Waals surface area contributed by atoms with Gasteiger partial charge in [0.1, 0.15) is 6.54 Å². The van der Waals surface area contributed by atoms with Gasteiger partial charge in [-0.25, -0.2) is 9.78 Å². The number of carbonyl (C=O) groups is 2. The van der Waals surface area contributed by atoms with Crippen LogP contribution in [0.15, 0.2) is 15.9 Å². The van der Waals surface area contributed by atoms with Crippen molar-refractivity contribution in [2.24, 2.45) is 14.1 Å². The van der Waals surface area contributed by atoms with Gasteiger partial charge in [0.05, 0.1) is 6.33 Å². The van der Waals surface area contributed by atoms with E-state index in [1.165, 1.54) is 29.6 Å². The van der Waals surface area contributed by atoms with Gasteiger partial charge < -0.3 is 14.2 Å². The predicted octanol–water partition coefficient (Wildman–Crippen LogP) is -0.620. The molecule has 0 atom stereocenters. The summed E-state index contributed by atoms with van der Waals surface area (Å²) in [6, 6.07) is 0. The van der Waals surface area contributed by atoms with E-state index in [2.05, 4.69) is 4.98 Å². The Hall–Kier alpha value is -2.91. The van der Waals surface area contributed by atoms with E-state index >= 15 is 0 Å². The average molecular weight is 377 g/mol. The molecule has 0 aromatic carbocycles. The van der Waals surface area contributed by atoms with Gasteiger partial charge in [0.15, 0.2) is 17.8 Å². The van der Waals surface area contributed by atoms with Crippen LogP contribution < -0.4 is 11.2 Å². The third-order valence-electron chi connectivity index (χ3n) is 4.83. The fraction of sp³-hybridized carbons (Fsp3) is 0.588. The Morgan fingerprint density at radius 1 is 1.07 bits per heavy atom. The average Bonchev–Trinajstić information content (AvgIpc) is 2.88. The van der Waals surface area contributed by atoms with Crippen LogP contribution in [-0.2, 0) is 35.0 Å². The van der Waals surface area contributed by atoms with Crippen molar-refractivity contribution in [3.63, 3.8) is 0 Å². The first-order chi connectivity index (χ1) is 12.9. The van der Waals surface area contributed by atoms with Gasteiger partial charge in [0.25, 0.3) is 11.5 Å². The molecule has 0 aliphatic carbocycles. The number of aryl methyl sites for hydroxylation is 1. The van der Waals surface area contributed by atoms with E-state index in [4.69, 9.17) is 4.74 Å². The molecule has 1 aliphatic heterocycles. The molecule has 0 N–H and O–H groups in total. The number of amides is 1. The Morgan fingerprint density at radius 3 is 2.41 bits per heavy atom. The van der Waals surface area contributed by atoms with Crippen LogP contribution in [0.3, 0.4) is 0 Å². The zero-order chi connectivity index (χ0) is 19.6. The van der Waals surface area contributed by atoms with Crippen molar-refractivity contribution in [2.45, 2.75) is 32.2 Å². The fourth-order valence-corrected chi connectivity index (χ4v) is 3.26. The number of aromatic nitrogens is 4. The van der Waals surface area contributed by atoms with E-state index in [0.29, 0.717) is 13.1 Å². The van der Waals surface area contributed by atoms with Crippen LogP contribution in [0.2, 0.25) is 0 Å². The highest BCUT2D eigenvalue weighted by atomic mass is 16.5. The molecule has 27 heavy (non-hydrogen) atoms. The minimum atomic E-state index is -0.645. The largest absolute Gasteiger partial charge is 0.454 e. The minimum Gasteiger partial charge on any atom is -0.454 e. The van der Waals surface area contributed by atoms with E-state index in [-0.39, 0.29) is 30.2 Å². The summed E-state index contributed by atoms with van der Waals surface area (Å²) in [4.78, 5) is 54.4. The molecule has 0 saturated carbocycles. The van der Waals surface area contributed by atoms with Gasteiger partial charge in [-0.15, -0.1) is 0 Å². The molecule has 1 amide bonds. The van der Waals surface area contributed by atoms with Crippen molar-refractivity contribution < 1.29 is 14.3 Å². The van der Waals surface area contributed by atoms with Crippen molar-refractivity contribution in [1.82, 2.24) is 23.6 Å². The Labute approximate surface area is 155 Å².